The zero-order chi connectivity index (χ0) is 18.8. The van der Waals surface area contributed by atoms with Crippen LogP contribution in [0.2, 0.25) is 5.02 Å². The third-order valence-corrected chi connectivity index (χ3v) is 5.38. The Balaban J connectivity index is 2.09. The number of allylic oxidation sites excluding steroid dienone is 2. The Labute approximate surface area is 173 Å². The highest BCUT2D eigenvalue weighted by atomic mass is 79.9. The van der Waals surface area contributed by atoms with Crippen LogP contribution < -0.4 is 10.5 Å². The Hall–Kier alpha value is -1.94. The van der Waals surface area contributed by atoms with Gasteiger partial charge in [0, 0.05) is 16.5 Å². The Morgan fingerprint density at radius 3 is 2.35 bits per heavy atom. The third-order valence-electron chi connectivity index (χ3n) is 3.95. The van der Waals surface area contributed by atoms with E-state index in [-0.39, 0.29) is 11.8 Å². The molecule has 0 amide bonds. The summed E-state index contributed by atoms with van der Waals surface area (Å²) >= 11 is 12.9. The highest BCUT2D eigenvalue weighted by Crippen LogP contribution is 2.40. The summed E-state index contributed by atoms with van der Waals surface area (Å²) < 4.78 is 12.6. The van der Waals surface area contributed by atoms with Gasteiger partial charge in [-0.05, 0) is 67.8 Å². The summed E-state index contributed by atoms with van der Waals surface area (Å²) in [6.07, 6.45) is 1.87. The lowest BCUT2D eigenvalue weighted by Gasteiger charge is -2.23. The molecule has 4 nitrogen and oxygen atoms in total. The quantitative estimate of drug-likeness (QED) is 0.590. The van der Waals surface area contributed by atoms with Crippen LogP contribution in [0.1, 0.15) is 17.0 Å². The number of nitrogens with two attached hydrogens (primary N) is 1. The van der Waals surface area contributed by atoms with Gasteiger partial charge in [-0.15, -0.1) is 0 Å². The van der Waals surface area contributed by atoms with Crippen LogP contribution in [0.25, 0.3) is 5.76 Å². The Morgan fingerprint density at radius 2 is 1.81 bits per heavy atom. The first-order valence-electron chi connectivity index (χ1n) is 7.53. The number of nitrogens with zero attached hydrogens (tertiary/aromatic N) is 1. The molecule has 2 aromatic carbocycles. The first-order valence-corrected chi connectivity index (χ1v) is 9.49. The summed E-state index contributed by atoms with van der Waals surface area (Å²) in [5, 5.41) is 10.1. The predicted molar refractivity (Wildman–Crippen MR) is 108 cm³/mol. The molecule has 0 saturated heterocycles. The van der Waals surface area contributed by atoms with E-state index in [0.29, 0.717) is 22.1 Å². The van der Waals surface area contributed by atoms with Crippen LogP contribution >= 0.6 is 43.5 Å². The summed E-state index contributed by atoms with van der Waals surface area (Å²) in [7, 11) is 1.59. The fraction of sp³-hybridized carbons (Fsp3) is 0.105. The highest BCUT2D eigenvalue weighted by Gasteiger charge is 2.26. The number of rotatable bonds is 3. The zero-order valence-corrected chi connectivity index (χ0v) is 17.5. The van der Waals surface area contributed by atoms with Gasteiger partial charge in [0.2, 0.25) is 5.88 Å². The largest absolute Gasteiger partial charge is 0.494 e. The molecule has 1 aliphatic heterocycles. The second-order valence-corrected chi connectivity index (χ2v) is 7.67. The van der Waals surface area contributed by atoms with Gasteiger partial charge in [-0.25, -0.2) is 0 Å². The number of hydrogen-bond donors (Lipinski definition) is 1. The molecule has 0 saturated carbocycles. The third kappa shape index (κ3) is 3.61. The molecule has 1 heterocycles. The standard InChI is InChI=1S/C19H13Br2ClN2O2/c1-25-18-15(20)6-11(7-16(18)21)17-8-13(14(9-23)19(24)26-17)10-2-4-12(22)5-3-10/h2-8,13H,24H2,1H3. The minimum absolute atomic E-state index is 0.0908. The molecule has 0 aromatic heterocycles. The van der Waals surface area contributed by atoms with Gasteiger partial charge in [-0.3, -0.25) is 0 Å². The van der Waals surface area contributed by atoms with Crippen LogP contribution in [-0.2, 0) is 4.74 Å². The molecule has 132 valence electrons. The van der Waals surface area contributed by atoms with Gasteiger partial charge in [-0.1, -0.05) is 23.7 Å². The van der Waals surface area contributed by atoms with Crippen molar-refractivity contribution in [3.8, 4) is 11.8 Å². The van der Waals surface area contributed by atoms with Crippen molar-refractivity contribution < 1.29 is 9.47 Å². The van der Waals surface area contributed by atoms with Crippen LogP contribution in [0.5, 0.6) is 5.75 Å². The van der Waals surface area contributed by atoms with Gasteiger partial charge in [0.25, 0.3) is 0 Å². The van der Waals surface area contributed by atoms with Crippen molar-refractivity contribution in [3.05, 3.63) is 79.0 Å². The lowest BCUT2D eigenvalue weighted by atomic mass is 9.89. The molecular formula is C19H13Br2ClN2O2. The van der Waals surface area contributed by atoms with Crippen LogP contribution in [-0.4, -0.2) is 7.11 Å². The van der Waals surface area contributed by atoms with Crippen LogP contribution in [0.15, 0.2) is 62.9 Å². The number of ether oxygens (including phenoxy) is 2. The average Bonchev–Trinajstić information content (AvgIpc) is 2.61. The maximum atomic E-state index is 9.51. The van der Waals surface area contributed by atoms with Gasteiger partial charge < -0.3 is 15.2 Å². The molecule has 1 aliphatic rings. The topological polar surface area (TPSA) is 68.3 Å². The lowest BCUT2D eigenvalue weighted by molar-refractivity contribution is 0.360. The summed E-state index contributed by atoms with van der Waals surface area (Å²) in [4.78, 5) is 0. The number of halogens is 3. The summed E-state index contributed by atoms with van der Waals surface area (Å²) in [6.45, 7) is 0. The molecule has 2 N–H and O–H groups in total. The fourth-order valence-corrected chi connectivity index (χ4v) is 4.34. The van der Waals surface area contributed by atoms with Crippen LogP contribution in [0.3, 0.4) is 0 Å². The van der Waals surface area contributed by atoms with E-state index in [2.05, 4.69) is 37.9 Å². The first-order chi connectivity index (χ1) is 12.4. The molecular weight excluding hydrogens is 483 g/mol. The molecule has 1 atom stereocenters. The van der Waals surface area contributed by atoms with Gasteiger partial charge in [0.15, 0.2) is 0 Å². The molecule has 2 aromatic rings. The van der Waals surface area contributed by atoms with Crippen molar-refractivity contribution in [2.24, 2.45) is 5.73 Å². The van der Waals surface area contributed by atoms with Crippen LogP contribution in [0, 0.1) is 11.3 Å². The smallest absolute Gasteiger partial charge is 0.205 e. The van der Waals surface area contributed by atoms with Crippen molar-refractivity contribution in [1.82, 2.24) is 0 Å². The molecule has 0 fully saturated rings. The molecule has 0 spiro atoms. The maximum absolute atomic E-state index is 9.51. The van der Waals surface area contributed by atoms with E-state index in [4.69, 9.17) is 26.8 Å². The predicted octanol–water partition coefficient (Wildman–Crippen LogP) is 5.72. The maximum Gasteiger partial charge on any atom is 0.205 e. The van der Waals surface area contributed by atoms with Crippen molar-refractivity contribution in [1.29, 1.82) is 5.26 Å². The van der Waals surface area contributed by atoms with Gasteiger partial charge in [0.05, 0.1) is 16.1 Å². The van der Waals surface area contributed by atoms with E-state index >= 15 is 0 Å². The van der Waals surface area contributed by atoms with Crippen LogP contribution in [0.4, 0.5) is 0 Å². The van der Waals surface area contributed by atoms with Gasteiger partial charge in [-0.2, -0.15) is 5.26 Å². The van der Waals surface area contributed by atoms with E-state index in [0.717, 1.165) is 20.1 Å². The van der Waals surface area contributed by atoms with Crippen molar-refractivity contribution >= 4 is 49.2 Å². The second-order valence-electron chi connectivity index (χ2n) is 5.53. The fourth-order valence-electron chi connectivity index (χ4n) is 2.71. The minimum atomic E-state index is -0.319. The SMILES string of the molecule is COc1c(Br)cc(C2=CC(c3ccc(Cl)cc3)C(C#N)=C(N)O2)cc1Br. The number of nitriles is 1. The summed E-state index contributed by atoms with van der Waals surface area (Å²) in [6, 6.07) is 13.2. The van der Waals surface area contributed by atoms with Gasteiger partial charge in [0.1, 0.15) is 23.2 Å². The Kier molecular flexibility index (Phi) is 5.61. The average molecular weight is 497 g/mol. The summed E-state index contributed by atoms with van der Waals surface area (Å²) in [5.41, 5.74) is 8.09. The monoisotopic (exact) mass is 494 g/mol. The van der Waals surface area contributed by atoms with E-state index in [1.54, 1.807) is 19.2 Å². The van der Waals surface area contributed by atoms with Crippen molar-refractivity contribution in [2.75, 3.05) is 7.11 Å². The van der Waals surface area contributed by atoms with Crippen molar-refractivity contribution in [3.63, 3.8) is 0 Å². The van der Waals surface area contributed by atoms with E-state index in [1.807, 2.05) is 30.3 Å². The lowest BCUT2D eigenvalue weighted by Crippen LogP contribution is -2.16. The molecule has 7 heteroatoms. The first kappa shape index (κ1) is 18.8. The van der Waals surface area contributed by atoms with E-state index in [1.165, 1.54) is 0 Å². The molecule has 26 heavy (non-hydrogen) atoms. The minimum Gasteiger partial charge on any atom is -0.494 e. The normalized spacial score (nSPS) is 16.6. The molecule has 0 aliphatic carbocycles. The Morgan fingerprint density at radius 1 is 1.19 bits per heavy atom. The molecule has 3 rings (SSSR count). The zero-order valence-electron chi connectivity index (χ0n) is 13.6. The molecule has 1 unspecified atom stereocenters. The van der Waals surface area contributed by atoms with E-state index in [9.17, 15) is 5.26 Å². The number of hydrogen-bond acceptors (Lipinski definition) is 4. The Bertz CT molecular complexity index is 939. The highest BCUT2D eigenvalue weighted by molar-refractivity contribution is 9.11. The number of benzene rings is 2. The molecule has 0 radical (unpaired) electrons. The number of methoxy groups -OCH3 is 1. The van der Waals surface area contributed by atoms with Crippen molar-refractivity contribution in [2.45, 2.75) is 5.92 Å². The van der Waals surface area contributed by atoms with Gasteiger partial charge >= 0.3 is 0 Å². The van der Waals surface area contributed by atoms with E-state index < -0.39 is 0 Å². The molecule has 0 bridgehead atoms. The summed E-state index contributed by atoms with van der Waals surface area (Å²) in [5.74, 6) is 1.01. The second kappa shape index (κ2) is 7.75.